The number of hydrogen-bond acceptors (Lipinski definition) is 3. The summed E-state index contributed by atoms with van der Waals surface area (Å²) < 4.78 is 5.11. The van der Waals surface area contributed by atoms with Crippen LogP contribution in [0.5, 0.6) is 0 Å². The molecule has 4 aliphatic carbocycles. The van der Waals surface area contributed by atoms with Crippen LogP contribution in [0.25, 0.3) is 49.1 Å². The summed E-state index contributed by atoms with van der Waals surface area (Å²) in [5.74, 6) is 0.328. The van der Waals surface area contributed by atoms with Crippen LogP contribution in [-0.4, -0.2) is 4.57 Å². The van der Waals surface area contributed by atoms with E-state index in [1.807, 2.05) is 17.4 Å². The van der Waals surface area contributed by atoms with Gasteiger partial charge in [0.1, 0.15) is 0 Å². The standard InChI is InChI=1S/C43H33N3S/c1-43(2)29-9-4-3-8-28(16-17-29)40-36(43)20-19-34-33-12-7-11-32(41(33)47-42(34)40)31-18-14-27(25-45)23-39(31)46-37-13-6-5-10-30(37)35-22-26(24-44)15-21-38(35)46/h3-5,7-12,14,17-20,22-23,28H,6,13,15-16,21H2,1-2H3/b8-3-,9-4?. The lowest BCUT2D eigenvalue weighted by molar-refractivity contribution is 0.637. The quantitative estimate of drug-likeness (QED) is 0.196. The van der Waals surface area contributed by atoms with Gasteiger partial charge in [-0.1, -0.05) is 92.8 Å². The number of rotatable bonds is 2. The summed E-state index contributed by atoms with van der Waals surface area (Å²) in [6.07, 6.45) is 22.6. The highest BCUT2D eigenvalue weighted by Crippen LogP contribution is 2.51. The molecule has 226 valence electrons. The maximum Gasteiger partial charge on any atom is 0.0992 e. The number of nitriles is 2. The van der Waals surface area contributed by atoms with Crippen LogP contribution < -0.4 is 0 Å². The molecular formula is C43H33N3S. The Labute approximate surface area is 279 Å². The fourth-order valence-electron chi connectivity index (χ4n) is 8.47. The second-order valence-corrected chi connectivity index (χ2v) is 14.7. The van der Waals surface area contributed by atoms with Crippen LogP contribution in [0.3, 0.4) is 0 Å². The fourth-order valence-corrected chi connectivity index (χ4v) is 9.91. The number of fused-ring (bicyclic) bond motifs is 11. The molecule has 0 saturated heterocycles. The molecule has 0 saturated carbocycles. The molecule has 3 aromatic carbocycles. The molecule has 2 aromatic heterocycles. The predicted octanol–water partition coefficient (Wildman–Crippen LogP) is 11.0. The highest BCUT2D eigenvalue weighted by atomic mass is 32.1. The van der Waals surface area contributed by atoms with Gasteiger partial charge in [-0.15, -0.1) is 11.3 Å². The van der Waals surface area contributed by atoms with E-state index >= 15 is 0 Å². The first-order chi connectivity index (χ1) is 23.0. The van der Waals surface area contributed by atoms with Gasteiger partial charge in [-0.2, -0.15) is 10.5 Å². The van der Waals surface area contributed by atoms with Gasteiger partial charge in [0.25, 0.3) is 0 Å². The van der Waals surface area contributed by atoms with E-state index in [-0.39, 0.29) is 5.41 Å². The average Bonchev–Trinajstić information content (AvgIpc) is 3.61. The SMILES string of the molecule is CC1(C)C2=CCC(/C=C\C=C2)c2c1ccc1c2sc2c(-c3ccc(C#N)cc3-n3c4c(c5c3CCC(C#N)=C5)C=CCC4)cccc21. The minimum atomic E-state index is -0.0823. The largest absolute Gasteiger partial charge is 0.316 e. The van der Waals surface area contributed by atoms with Gasteiger partial charge in [-0.25, -0.2) is 0 Å². The molecule has 0 aliphatic heterocycles. The van der Waals surface area contributed by atoms with E-state index in [0.717, 1.165) is 54.5 Å². The maximum atomic E-state index is 10.1. The molecule has 4 heteroatoms. The van der Waals surface area contributed by atoms with E-state index in [1.165, 1.54) is 59.4 Å². The molecular weight excluding hydrogens is 591 g/mol. The molecule has 1 atom stereocenters. The number of nitrogens with zero attached hydrogens (tertiary/aromatic N) is 3. The predicted molar refractivity (Wildman–Crippen MR) is 195 cm³/mol. The third-order valence-corrected chi connectivity index (χ3v) is 12.1. The summed E-state index contributed by atoms with van der Waals surface area (Å²) in [6.45, 7) is 4.73. The average molecular weight is 624 g/mol. The first-order valence-corrected chi connectivity index (χ1v) is 17.4. The van der Waals surface area contributed by atoms with Crippen molar-refractivity contribution in [2.24, 2.45) is 0 Å². The summed E-state index contributed by atoms with van der Waals surface area (Å²) in [5.41, 5.74) is 14.0. The number of thiophene rings is 1. The highest BCUT2D eigenvalue weighted by molar-refractivity contribution is 7.26. The molecule has 2 bridgehead atoms. The number of allylic oxidation sites excluding steroid dienone is 8. The molecule has 0 N–H and O–H groups in total. The Morgan fingerprint density at radius 1 is 0.851 bits per heavy atom. The second-order valence-electron chi connectivity index (χ2n) is 13.7. The van der Waals surface area contributed by atoms with Gasteiger partial charge in [0.05, 0.1) is 23.4 Å². The maximum absolute atomic E-state index is 10.1. The Hall–Kier alpha value is -5.16. The summed E-state index contributed by atoms with van der Waals surface area (Å²) >= 11 is 1.93. The lowest BCUT2D eigenvalue weighted by atomic mass is 9.75. The van der Waals surface area contributed by atoms with Gasteiger partial charge in [0.2, 0.25) is 0 Å². The highest BCUT2D eigenvalue weighted by Gasteiger charge is 2.34. The normalized spacial score (nSPS) is 19.4. The number of hydrogen-bond donors (Lipinski definition) is 0. The van der Waals surface area contributed by atoms with E-state index in [9.17, 15) is 10.5 Å². The van der Waals surface area contributed by atoms with Crippen LogP contribution in [-0.2, 0) is 18.3 Å². The molecule has 47 heavy (non-hydrogen) atoms. The molecule has 0 amide bonds. The van der Waals surface area contributed by atoms with Crippen molar-refractivity contribution in [2.45, 2.75) is 57.3 Å². The van der Waals surface area contributed by atoms with Crippen molar-refractivity contribution in [3.8, 4) is 29.0 Å². The lowest BCUT2D eigenvalue weighted by Crippen LogP contribution is -2.20. The zero-order valence-electron chi connectivity index (χ0n) is 26.6. The van der Waals surface area contributed by atoms with Gasteiger partial charge < -0.3 is 4.57 Å². The first-order valence-electron chi connectivity index (χ1n) is 16.6. The third kappa shape index (κ3) is 4.08. The summed E-state index contributed by atoms with van der Waals surface area (Å²) in [6, 6.07) is 22.5. The third-order valence-electron chi connectivity index (χ3n) is 10.8. The molecule has 0 spiro atoms. The van der Waals surface area contributed by atoms with Crippen LogP contribution in [0.4, 0.5) is 0 Å². The Kier molecular flexibility index (Phi) is 6.23. The van der Waals surface area contributed by atoms with Crippen molar-refractivity contribution in [1.29, 1.82) is 10.5 Å². The van der Waals surface area contributed by atoms with E-state index in [1.54, 1.807) is 0 Å². The molecule has 3 nitrogen and oxygen atoms in total. The van der Waals surface area contributed by atoms with Crippen molar-refractivity contribution < 1.29 is 0 Å². The van der Waals surface area contributed by atoms with Gasteiger partial charge >= 0.3 is 0 Å². The van der Waals surface area contributed by atoms with Gasteiger partial charge in [-0.05, 0) is 67.0 Å². The zero-order chi connectivity index (χ0) is 31.9. The Bertz CT molecular complexity index is 2440. The lowest BCUT2D eigenvalue weighted by Gasteiger charge is -2.28. The molecule has 4 aliphatic rings. The monoisotopic (exact) mass is 623 g/mol. The summed E-state index contributed by atoms with van der Waals surface area (Å²) in [7, 11) is 0. The second kappa shape index (κ2) is 10.4. The minimum Gasteiger partial charge on any atom is -0.316 e. The van der Waals surface area contributed by atoms with Crippen LogP contribution in [0.15, 0.2) is 96.1 Å². The Balaban J connectivity index is 1.32. The molecule has 0 radical (unpaired) electrons. The summed E-state index contributed by atoms with van der Waals surface area (Å²) in [4.78, 5) is 0. The van der Waals surface area contributed by atoms with E-state index in [4.69, 9.17) is 0 Å². The van der Waals surface area contributed by atoms with Crippen molar-refractivity contribution in [3.05, 3.63) is 135 Å². The molecule has 9 rings (SSSR count). The molecule has 2 heterocycles. The van der Waals surface area contributed by atoms with Crippen molar-refractivity contribution in [1.82, 2.24) is 4.57 Å². The van der Waals surface area contributed by atoms with Crippen LogP contribution in [0.2, 0.25) is 0 Å². The molecule has 5 aromatic rings. The number of aromatic nitrogens is 1. The van der Waals surface area contributed by atoms with Crippen LogP contribution in [0.1, 0.15) is 78.2 Å². The molecule has 0 fully saturated rings. The van der Waals surface area contributed by atoms with Crippen LogP contribution in [0, 0.1) is 22.7 Å². The van der Waals surface area contributed by atoms with Gasteiger partial charge in [0, 0.05) is 70.7 Å². The van der Waals surface area contributed by atoms with E-state index < -0.39 is 0 Å². The first kappa shape index (κ1) is 28.1. The van der Waals surface area contributed by atoms with Gasteiger partial charge in [0.15, 0.2) is 0 Å². The Morgan fingerprint density at radius 3 is 2.60 bits per heavy atom. The Morgan fingerprint density at radius 2 is 1.72 bits per heavy atom. The van der Waals surface area contributed by atoms with Gasteiger partial charge in [-0.3, -0.25) is 0 Å². The smallest absolute Gasteiger partial charge is 0.0992 e. The number of benzene rings is 3. The van der Waals surface area contributed by atoms with Crippen LogP contribution >= 0.6 is 11.3 Å². The fraction of sp³-hybridized carbons (Fsp3) is 0.209. The summed E-state index contributed by atoms with van der Waals surface area (Å²) in [5, 5.41) is 22.4. The topological polar surface area (TPSA) is 52.5 Å². The molecule has 1 unspecified atom stereocenters. The zero-order valence-corrected chi connectivity index (χ0v) is 27.4. The van der Waals surface area contributed by atoms with Crippen molar-refractivity contribution in [2.75, 3.05) is 0 Å². The van der Waals surface area contributed by atoms with E-state index in [2.05, 4.69) is 122 Å². The minimum absolute atomic E-state index is 0.0823. The van der Waals surface area contributed by atoms with Crippen molar-refractivity contribution >= 4 is 43.7 Å². The van der Waals surface area contributed by atoms with Crippen molar-refractivity contribution in [3.63, 3.8) is 0 Å². The van der Waals surface area contributed by atoms with E-state index in [0.29, 0.717) is 11.5 Å².